The number of ether oxygens (including phenoxy) is 1. The van der Waals surface area contributed by atoms with Gasteiger partial charge in [-0.3, -0.25) is 4.79 Å². The third kappa shape index (κ3) is 4.03. The van der Waals surface area contributed by atoms with Gasteiger partial charge >= 0.3 is 0 Å². The van der Waals surface area contributed by atoms with Gasteiger partial charge in [0.2, 0.25) is 10.0 Å². The first-order valence-corrected chi connectivity index (χ1v) is 10.1. The van der Waals surface area contributed by atoms with Gasteiger partial charge in [-0.15, -0.1) is 0 Å². The van der Waals surface area contributed by atoms with E-state index in [9.17, 15) is 13.2 Å². The number of Topliss-reactive ketones (excluding diaryl/α,β-unsaturated/α-hetero) is 1. The van der Waals surface area contributed by atoms with E-state index in [0.717, 1.165) is 11.1 Å². The largest absolute Gasteiger partial charge is 0.360 e. The molecule has 3 rings (SSSR count). The fourth-order valence-corrected chi connectivity index (χ4v) is 4.91. The standard InChI is InChI=1S/C20H23NO4S/c1-15-8-10-19(11-9-15)26(23,24)21-18(13-17-6-4-3-5-7-17)14-25-20(21)12-16(2)22/h3-11,18,20H,12-14H2,1-2H3/t18-,20-/m0/s1. The zero-order valence-electron chi connectivity index (χ0n) is 15.0. The zero-order valence-corrected chi connectivity index (χ0v) is 15.8. The van der Waals surface area contributed by atoms with Crippen LogP contribution in [0.5, 0.6) is 0 Å². The van der Waals surface area contributed by atoms with Crippen molar-refractivity contribution in [2.45, 2.75) is 43.9 Å². The lowest BCUT2D eigenvalue weighted by molar-refractivity contribution is -0.120. The number of carbonyl (C=O) groups excluding carboxylic acids is 1. The van der Waals surface area contributed by atoms with Crippen LogP contribution in [0.1, 0.15) is 24.5 Å². The number of ketones is 1. The highest BCUT2D eigenvalue weighted by molar-refractivity contribution is 7.89. The lowest BCUT2D eigenvalue weighted by Gasteiger charge is -2.27. The molecule has 0 N–H and O–H groups in total. The molecule has 1 saturated heterocycles. The molecule has 1 aliphatic rings. The van der Waals surface area contributed by atoms with Crippen LogP contribution in [0.2, 0.25) is 0 Å². The van der Waals surface area contributed by atoms with Crippen LogP contribution in [0, 0.1) is 6.92 Å². The van der Waals surface area contributed by atoms with Crippen molar-refractivity contribution in [3.8, 4) is 0 Å². The van der Waals surface area contributed by atoms with Crippen LogP contribution in [0.15, 0.2) is 59.5 Å². The molecule has 0 aromatic heterocycles. The van der Waals surface area contributed by atoms with E-state index < -0.39 is 16.3 Å². The van der Waals surface area contributed by atoms with Crippen LogP contribution in [-0.2, 0) is 26.0 Å². The smallest absolute Gasteiger partial charge is 0.245 e. The highest BCUT2D eigenvalue weighted by Crippen LogP contribution is 2.30. The predicted octanol–water partition coefficient (Wildman–Crippen LogP) is 2.93. The Kier molecular flexibility index (Phi) is 5.55. The Morgan fingerprint density at radius 3 is 2.38 bits per heavy atom. The summed E-state index contributed by atoms with van der Waals surface area (Å²) in [4.78, 5) is 11.8. The summed E-state index contributed by atoms with van der Waals surface area (Å²) in [6.07, 6.45) is -0.163. The maximum Gasteiger partial charge on any atom is 0.245 e. The summed E-state index contributed by atoms with van der Waals surface area (Å²) in [5.41, 5.74) is 2.02. The van der Waals surface area contributed by atoms with Crippen LogP contribution in [0.4, 0.5) is 0 Å². The molecule has 1 fully saturated rings. The van der Waals surface area contributed by atoms with Gasteiger partial charge in [0.05, 0.1) is 17.5 Å². The molecule has 2 atom stereocenters. The van der Waals surface area contributed by atoms with Gasteiger partial charge in [0.25, 0.3) is 0 Å². The number of aryl methyl sites for hydroxylation is 1. The normalized spacial score (nSPS) is 21.0. The Morgan fingerprint density at radius 1 is 1.12 bits per heavy atom. The van der Waals surface area contributed by atoms with Gasteiger partial charge in [0.15, 0.2) is 0 Å². The van der Waals surface area contributed by atoms with Crippen molar-refractivity contribution in [2.24, 2.45) is 0 Å². The maximum absolute atomic E-state index is 13.3. The van der Waals surface area contributed by atoms with E-state index in [1.165, 1.54) is 11.2 Å². The van der Waals surface area contributed by atoms with Crippen molar-refractivity contribution in [1.82, 2.24) is 4.31 Å². The maximum atomic E-state index is 13.3. The molecule has 1 aliphatic heterocycles. The molecule has 5 nitrogen and oxygen atoms in total. The average molecular weight is 373 g/mol. The van der Waals surface area contributed by atoms with E-state index >= 15 is 0 Å². The Labute approximate surface area is 154 Å². The molecule has 1 heterocycles. The summed E-state index contributed by atoms with van der Waals surface area (Å²) in [5, 5.41) is 0. The van der Waals surface area contributed by atoms with Gasteiger partial charge in [0, 0.05) is 6.42 Å². The van der Waals surface area contributed by atoms with Crippen molar-refractivity contribution < 1.29 is 17.9 Å². The summed E-state index contributed by atoms with van der Waals surface area (Å²) in [7, 11) is -3.76. The molecule has 0 bridgehead atoms. The number of benzene rings is 2. The Bertz CT molecular complexity index is 862. The lowest BCUT2D eigenvalue weighted by Crippen LogP contribution is -2.43. The molecule has 2 aromatic rings. The van der Waals surface area contributed by atoms with Gasteiger partial charge in [-0.1, -0.05) is 48.0 Å². The van der Waals surface area contributed by atoms with Crippen LogP contribution in [-0.4, -0.2) is 37.4 Å². The number of carbonyl (C=O) groups is 1. The minimum absolute atomic E-state index is 0.0520. The molecule has 0 saturated carbocycles. The zero-order chi connectivity index (χ0) is 18.7. The van der Waals surface area contributed by atoms with Crippen LogP contribution >= 0.6 is 0 Å². The van der Waals surface area contributed by atoms with E-state index in [2.05, 4.69) is 0 Å². The first kappa shape index (κ1) is 18.8. The number of rotatable bonds is 6. The lowest BCUT2D eigenvalue weighted by atomic mass is 10.1. The molecule has 0 radical (unpaired) electrons. The van der Waals surface area contributed by atoms with Crippen LogP contribution < -0.4 is 0 Å². The van der Waals surface area contributed by atoms with Gasteiger partial charge in [-0.05, 0) is 38.0 Å². The van der Waals surface area contributed by atoms with E-state index in [1.54, 1.807) is 24.3 Å². The van der Waals surface area contributed by atoms with E-state index in [0.29, 0.717) is 6.42 Å². The SMILES string of the molecule is CC(=O)C[C@@H]1OC[C@H](Cc2ccccc2)N1S(=O)(=O)c1ccc(C)cc1. The monoisotopic (exact) mass is 373 g/mol. The first-order valence-electron chi connectivity index (χ1n) is 8.63. The fraction of sp³-hybridized carbons (Fsp3) is 0.350. The quantitative estimate of drug-likeness (QED) is 0.781. The van der Waals surface area contributed by atoms with Crippen LogP contribution in [0.3, 0.4) is 0 Å². The second-order valence-electron chi connectivity index (χ2n) is 6.69. The fourth-order valence-electron chi connectivity index (χ4n) is 3.22. The summed E-state index contributed by atoms with van der Waals surface area (Å²) >= 11 is 0. The van der Waals surface area contributed by atoms with Crippen molar-refractivity contribution in [3.63, 3.8) is 0 Å². The van der Waals surface area contributed by atoms with Crippen molar-refractivity contribution in [2.75, 3.05) is 6.61 Å². The second-order valence-corrected chi connectivity index (χ2v) is 8.53. The molecular formula is C20H23NO4S. The number of sulfonamides is 1. The number of nitrogens with zero attached hydrogens (tertiary/aromatic N) is 1. The molecular weight excluding hydrogens is 350 g/mol. The molecule has 2 aromatic carbocycles. The predicted molar refractivity (Wildman–Crippen MR) is 99.2 cm³/mol. The topological polar surface area (TPSA) is 63.7 Å². The molecule has 26 heavy (non-hydrogen) atoms. The minimum atomic E-state index is -3.76. The number of hydrogen-bond donors (Lipinski definition) is 0. The third-order valence-electron chi connectivity index (χ3n) is 4.50. The summed E-state index contributed by atoms with van der Waals surface area (Å²) in [6, 6.07) is 16.1. The molecule has 0 amide bonds. The van der Waals surface area contributed by atoms with Gasteiger partial charge < -0.3 is 4.74 Å². The third-order valence-corrected chi connectivity index (χ3v) is 6.45. The highest BCUT2D eigenvalue weighted by atomic mass is 32.2. The molecule has 138 valence electrons. The Morgan fingerprint density at radius 2 is 1.77 bits per heavy atom. The van der Waals surface area contributed by atoms with Crippen molar-refractivity contribution in [1.29, 1.82) is 0 Å². The van der Waals surface area contributed by atoms with Crippen LogP contribution in [0.25, 0.3) is 0 Å². The molecule has 0 spiro atoms. The molecule has 0 unspecified atom stereocenters. The average Bonchev–Trinajstić information content (AvgIpc) is 2.98. The highest BCUT2D eigenvalue weighted by Gasteiger charge is 2.43. The van der Waals surface area contributed by atoms with Gasteiger partial charge in [-0.2, -0.15) is 4.31 Å². The second kappa shape index (κ2) is 7.70. The van der Waals surface area contributed by atoms with E-state index in [1.807, 2.05) is 37.3 Å². The molecule has 6 heteroatoms. The summed E-state index contributed by atoms with van der Waals surface area (Å²) in [6.45, 7) is 3.63. The van der Waals surface area contributed by atoms with E-state index in [4.69, 9.17) is 4.74 Å². The summed E-state index contributed by atoms with van der Waals surface area (Å²) in [5.74, 6) is -0.0977. The first-order chi connectivity index (χ1) is 12.4. The Hall–Kier alpha value is -2.02. The summed E-state index contributed by atoms with van der Waals surface area (Å²) < 4.78 is 33.6. The van der Waals surface area contributed by atoms with Crippen molar-refractivity contribution in [3.05, 3.63) is 65.7 Å². The van der Waals surface area contributed by atoms with Gasteiger partial charge in [0.1, 0.15) is 12.0 Å². The van der Waals surface area contributed by atoms with Gasteiger partial charge in [-0.25, -0.2) is 8.42 Å². The molecule has 0 aliphatic carbocycles. The van der Waals surface area contributed by atoms with E-state index in [-0.39, 0.29) is 29.7 Å². The van der Waals surface area contributed by atoms with Crippen molar-refractivity contribution >= 4 is 15.8 Å². The minimum Gasteiger partial charge on any atom is -0.360 e. The number of hydrogen-bond acceptors (Lipinski definition) is 4. The Balaban J connectivity index is 1.95.